The number of hydrogen-bond acceptors (Lipinski definition) is 6. The number of rotatable bonds is 9. The molecule has 0 saturated carbocycles. The van der Waals surface area contributed by atoms with E-state index in [4.69, 9.17) is 4.74 Å². The maximum Gasteiger partial charge on any atom is 0.260 e. The van der Waals surface area contributed by atoms with Crippen LogP contribution >= 0.6 is 0 Å². The molecule has 10 heteroatoms. The van der Waals surface area contributed by atoms with Gasteiger partial charge in [0.05, 0.1) is 24.3 Å². The minimum Gasteiger partial charge on any atom is -0.385 e. The van der Waals surface area contributed by atoms with Gasteiger partial charge in [0.1, 0.15) is 0 Å². The number of amides is 1. The molecule has 3 heterocycles. The molecule has 2 aliphatic heterocycles. The number of methoxy groups -OCH3 is 1. The Morgan fingerprint density at radius 1 is 1.23 bits per heavy atom. The number of ketones is 1. The van der Waals surface area contributed by atoms with E-state index in [1.165, 1.54) is 16.8 Å². The van der Waals surface area contributed by atoms with Crippen LogP contribution in [0.1, 0.15) is 41.6 Å². The molecule has 184 valence electrons. The number of nitrogens with one attached hydrogen (secondary N) is 1. The van der Waals surface area contributed by atoms with Gasteiger partial charge in [0.2, 0.25) is 0 Å². The van der Waals surface area contributed by atoms with E-state index in [0.29, 0.717) is 38.1 Å². The molecule has 1 fully saturated rings. The summed E-state index contributed by atoms with van der Waals surface area (Å²) in [7, 11) is -2.21. The summed E-state index contributed by atoms with van der Waals surface area (Å²) in [6.07, 6.45) is 5.39. The molecule has 35 heavy (non-hydrogen) atoms. The van der Waals surface area contributed by atoms with E-state index in [-0.39, 0.29) is 23.1 Å². The molecule has 0 aliphatic carbocycles. The van der Waals surface area contributed by atoms with E-state index in [2.05, 4.69) is 9.97 Å². The van der Waals surface area contributed by atoms with Gasteiger partial charge >= 0.3 is 0 Å². The first-order chi connectivity index (χ1) is 16.9. The molecular weight excluding hydrogens is 468 g/mol. The number of aromatic nitrogens is 2. The Morgan fingerprint density at radius 3 is 2.86 bits per heavy atom. The fraction of sp³-hybridized carbons (Fsp3) is 0.400. The molecule has 9 nitrogen and oxygen atoms in total. The van der Waals surface area contributed by atoms with Crippen LogP contribution in [0.5, 0.6) is 0 Å². The molecule has 1 aromatic heterocycles. The summed E-state index contributed by atoms with van der Waals surface area (Å²) in [4.78, 5) is 34.8. The number of benzene rings is 2. The average molecular weight is 497 g/mol. The zero-order chi connectivity index (χ0) is 24.6. The number of ether oxygens (including phenoxy) is 1. The molecule has 1 atom stereocenters. The van der Waals surface area contributed by atoms with Crippen LogP contribution in [0.3, 0.4) is 0 Å². The zero-order valence-electron chi connectivity index (χ0n) is 19.6. The van der Waals surface area contributed by atoms with Crippen LogP contribution in [0.4, 0.5) is 5.69 Å². The van der Waals surface area contributed by atoms with Crippen LogP contribution < -0.4 is 4.90 Å². The summed E-state index contributed by atoms with van der Waals surface area (Å²) in [5, 5.41) is 1.70. The van der Waals surface area contributed by atoms with Crippen LogP contribution in [0.15, 0.2) is 47.9 Å². The van der Waals surface area contributed by atoms with Crippen molar-refractivity contribution in [2.45, 2.75) is 43.2 Å². The fourth-order valence-electron chi connectivity index (χ4n) is 5.18. The molecule has 1 saturated heterocycles. The predicted molar refractivity (Wildman–Crippen MR) is 131 cm³/mol. The first kappa shape index (κ1) is 23.7. The van der Waals surface area contributed by atoms with E-state index in [1.54, 1.807) is 12.0 Å². The normalized spacial score (nSPS) is 18.5. The second kappa shape index (κ2) is 9.52. The first-order valence-corrected chi connectivity index (χ1v) is 13.3. The molecule has 5 rings (SSSR count). The van der Waals surface area contributed by atoms with Crippen molar-refractivity contribution in [2.75, 3.05) is 31.7 Å². The third-order valence-corrected chi connectivity index (χ3v) is 8.69. The summed E-state index contributed by atoms with van der Waals surface area (Å²) in [6.45, 7) is 1.42. The molecule has 1 amide bonds. The number of piperidine rings is 1. The van der Waals surface area contributed by atoms with E-state index in [0.717, 1.165) is 34.9 Å². The summed E-state index contributed by atoms with van der Waals surface area (Å²) in [6, 6.07) is 8.63. The first-order valence-electron chi connectivity index (χ1n) is 11.8. The maximum absolute atomic E-state index is 13.5. The molecular formula is C25H28N4O5S. The van der Waals surface area contributed by atoms with Crippen molar-refractivity contribution in [3.63, 3.8) is 0 Å². The number of anilines is 1. The van der Waals surface area contributed by atoms with Crippen molar-refractivity contribution in [3.8, 4) is 0 Å². The average Bonchev–Trinajstić information content (AvgIpc) is 3.51. The van der Waals surface area contributed by atoms with Crippen molar-refractivity contribution >= 4 is 38.2 Å². The molecule has 2 aliphatic rings. The number of imidazole rings is 1. The van der Waals surface area contributed by atoms with Gasteiger partial charge in [-0.1, -0.05) is 24.6 Å². The Bertz CT molecular complexity index is 1370. The number of carbonyl (C=O) groups is 2. The Kier molecular flexibility index (Phi) is 6.43. The van der Waals surface area contributed by atoms with Crippen molar-refractivity contribution in [3.05, 3.63) is 54.0 Å². The van der Waals surface area contributed by atoms with Gasteiger partial charge in [0.25, 0.3) is 15.9 Å². The van der Waals surface area contributed by atoms with Crippen LogP contribution in [0, 0.1) is 0 Å². The molecule has 1 unspecified atom stereocenters. The number of sulfonamides is 1. The number of aromatic amines is 1. The predicted octanol–water partition coefficient (Wildman–Crippen LogP) is 2.91. The van der Waals surface area contributed by atoms with E-state index >= 15 is 0 Å². The number of H-pyrrole nitrogens is 1. The summed E-state index contributed by atoms with van der Waals surface area (Å²) in [5.74, 6) is -0.191. The third-order valence-electron chi connectivity index (χ3n) is 6.86. The molecule has 3 aromatic rings. The lowest BCUT2D eigenvalue weighted by atomic mass is 9.93. The molecule has 2 aromatic carbocycles. The summed E-state index contributed by atoms with van der Waals surface area (Å²) >= 11 is 0. The monoisotopic (exact) mass is 496 g/mol. The lowest BCUT2D eigenvalue weighted by Gasteiger charge is -2.33. The van der Waals surface area contributed by atoms with Crippen molar-refractivity contribution in [2.24, 2.45) is 0 Å². The van der Waals surface area contributed by atoms with E-state index in [1.807, 2.05) is 30.3 Å². The van der Waals surface area contributed by atoms with Gasteiger partial charge in [-0.2, -0.15) is 4.31 Å². The zero-order valence-corrected chi connectivity index (χ0v) is 20.4. The lowest BCUT2D eigenvalue weighted by Crippen LogP contribution is -2.48. The standard InChI is InChI=1S/C25H28N4O5S/c1-34-13-5-11-28-21-10-9-17(18-6-4-7-19(24(18)21)25(28)31)14-22(30)20-8-2-3-12-29(20)35(32,33)23-15-26-16-27-23/h4,6-7,9-10,15-16,20H,2-3,5,8,11-14H2,1H3,(H,26,27). The molecule has 0 spiro atoms. The number of nitrogens with zero attached hydrogens (tertiary/aromatic N) is 3. The second-order valence-electron chi connectivity index (χ2n) is 8.96. The minimum atomic E-state index is -3.84. The lowest BCUT2D eigenvalue weighted by molar-refractivity contribution is -0.122. The van der Waals surface area contributed by atoms with Gasteiger partial charge in [-0.3, -0.25) is 9.59 Å². The highest BCUT2D eigenvalue weighted by Crippen LogP contribution is 2.39. The highest BCUT2D eigenvalue weighted by molar-refractivity contribution is 7.89. The summed E-state index contributed by atoms with van der Waals surface area (Å²) < 4.78 is 32.8. The molecule has 0 bridgehead atoms. The third kappa shape index (κ3) is 4.15. The quantitative estimate of drug-likeness (QED) is 0.456. The number of Topliss-reactive ketones (excluding diaryl/α,β-unsaturated/α-hetero) is 1. The van der Waals surface area contributed by atoms with Crippen molar-refractivity contribution in [1.82, 2.24) is 14.3 Å². The van der Waals surface area contributed by atoms with Gasteiger partial charge in [-0.05, 0) is 42.3 Å². The highest BCUT2D eigenvalue weighted by Gasteiger charge is 2.38. The second-order valence-corrected chi connectivity index (χ2v) is 10.8. The van der Waals surface area contributed by atoms with E-state index in [9.17, 15) is 18.0 Å². The van der Waals surface area contributed by atoms with Crippen LogP contribution in [0.2, 0.25) is 0 Å². The van der Waals surface area contributed by atoms with Gasteiger partial charge in [0, 0.05) is 44.2 Å². The number of carbonyl (C=O) groups excluding carboxylic acids is 2. The Balaban J connectivity index is 1.44. The Morgan fingerprint density at radius 2 is 2.09 bits per heavy atom. The maximum atomic E-state index is 13.5. The Labute approximate surface area is 204 Å². The fourth-order valence-corrected chi connectivity index (χ4v) is 6.76. The van der Waals surface area contributed by atoms with Gasteiger partial charge in [-0.25, -0.2) is 13.4 Å². The van der Waals surface area contributed by atoms with E-state index < -0.39 is 16.1 Å². The van der Waals surface area contributed by atoms with Gasteiger partial charge in [-0.15, -0.1) is 0 Å². The summed E-state index contributed by atoms with van der Waals surface area (Å²) in [5.41, 5.74) is 2.27. The van der Waals surface area contributed by atoms with Crippen molar-refractivity contribution < 1.29 is 22.7 Å². The minimum absolute atomic E-state index is 0.00499. The highest BCUT2D eigenvalue weighted by atomic mass is 32.2. The van der Waals surface area contributed by atoms with Gasteiger partial charge in [0.15, 0.2) is 10.8 Å². The number of hydrogen-bond donors (Lipinski definition) is 1. The van der Waals surface area contributed by atoms with Gasteiger partial charge < -0.3 is 14.6 Å². The van der Waals surface area contributed by atoms with Crippen LogP contribution in [0.25, 0.3) is 10.8 Å². The molecule has 1 N–H and O–H groups in total. The topological polar surface area (TPSA) is 113 Å². The smallest absolute Gasteiger partial charge is 0.260 e. The molecule has 0 radical (unpaired) electrons. The van der Waals surface area contributed by atoms with Crippen LogP contribution in [-0.4, -0.2) is 67.2 Å². The van der Waals surface area contributed by atoms with Crippen molar-refractivity contribution in [1.29, 1.82) is 0 Å². The SMILES string of the molecule is COCCCN1C(=O)c2cccc3c(CC(=O)C4CCCCN4S(=O)(=O)c4cnc[nH]4)ccc1c23. The van der Waals surface area contributed by atoms with Crippen LogP contribution in [-0.2, 0) is 26.0 Å². The largest absolute Gasteiger partial charge is 0.385 e. The Hall–Kier alpha value is -3.08.